The second-order valence-electron chi connectivity index (χ2n) is 6.54. The van der Waals surface area contributed by atoms with Gasteiger partial charge < -0.3 is 14.6 Å². The molecule has 0 aromatic carbocycles. The van der Waals surface area contributed by atoms with Gasteiger partial charge in [-0.05, 0) is 36.7 Å². The molecule has 0 saturated carbocycles. The topological polar surface area (TPSA) is 177 Å². The summed E-state index contributed by atoms with van der Waals surface area (Å²) in [5.74, 6) is 3.94. The average molecular weight is 519 g/mol. The van der Waals surface area contributed by atoms with E-state index in [9.17, 15) is 24.3 Å². The highest BCUT2D eigenvalue weighted by Gasteiger charge is 2.10. The summed E-state index contributed by atoms with van der Waals surface area (Å²) < 4.78 is 6.01. The van der Waals surface area contributed by atoms with Gasteiger partial charge in [0.05, 0.1) is 21.7 Å². The van der Waals surface area contributed by atoms with Crippen LogP contribution >= 0.6 is 22.7 Å². The zero-order valence-electron chi connectivity index (χ0n) is 18.6. The van der Waals surface area contributed by atoms with Gasteiger partial charge >= 0.3 is 0 Å². The summed E-state index contributed by atoms with van der Waals surface area (Å²) >= 11 is 2.68. The summed E-state index contributed by atoms with van der Waals surface area (Å²) in [6.45, 7) is 3.07. The fraction of sp³-hybridized carbons (Fsp3) is 0.0909. The van der Waals surface area contributed by atoms with E-state index in [1.165, 1.54) is 58.9 Å². The van der Waals surface area contributed by atoms with Gasteiger partial charge in [0.25, 0.3) is 11.8 Å². The number of nitrogens with zero attached hydrogens (tertiary/aromatic N) is 1. The molecular weight excluding hydrogens is 496 g/mol. The van der Waals surface area contributed by atoms with E-state index < -0.39 is 10.9 Å². The molecule has 0 fully saturated rings. The van der Waals surface area contributed by atoms with Crippen LogP contribution in [0, 0.1) is 13.8 Å². The zero-order chi connectivity index (χ0) is 26.0. The van der Waals surface area contributed by atoms with Crippen molar-refractivity contribution in [2.75, 3.05) is 5.43 Å². The van der Waals surface area contributed by atoms with Crippen LogP contribution in [0.4, 0.5) is 0 Å². The summed E-state index contributed by atoms with van der Waals surface area (Å²) in [6, 6.07) is 9.34. The SMILES string of the molecule is Cc1c(O)c(=O)ccn1NC(=O)c1cccs1.Cc1occc(=O)c1O.NNC(=O)c1cccs1. The lowest BCUT2D eigenvalue weighted by Gasteiger charge is -2.11. The van der Waals surface area contributed by atoms with Crippen molar-refractivity contribution in [3.63, 3.8) is 0 Å². The number of carbonyl (C=O) groups excluding carboxylic acids is 2. The third kappa shape index (κ3) is 7.67. The van der Waals surface area contributed by atoms with Crippen LogP contribution in [0.1, 0.15) is 30.8 Å². The minimum atomic E-state index is -0.468. The van der Waals surface area contributed by atoms with Crippen LogP contribution in [-0.2, 0) is 0 Å². The maximum atomic E-state index is 11.7. The van der Waals surface area contributed by atoms with Gasteiger partial charge in [-0.25, -0.2) is 5.84 Å². The Labute approximate surface area is 206 Å². The quantitative estimate of drug-likeness (QED) is 0.156. The number of pyridine rings is 1. The molecule has 184 valence electrons. The third-order valence-corrected chi connectivity index (χ3v) is 5.92. The normalized spacial score (nSPS) is 9.69. The lowest BCUT2D eigenvalue weighted by atomic mass is 10.3. The van der Waals surface area contributed by atoms with Gasteiger partial charge in [0.15, 0.2) is 5.75 Å². The lowest BCUT2D eigenvalue weighted by molar-refractivity contribution is 0.0956. The Morgan fingerprint density at radius 3 is 1.97 bits per heavy atom. The van der Waals surface area contributed by atoms with Gasteiger partial charge in [-0.2, -0.15) is 0 Å². The maximum Gasteiger partial charge on any atom is 0.280 e. The molecule has 0 radical (unpaired) electrons. The van der Waals surface area contributed by atoms with Gasteiger partial charge in [-0.3, -0.25) is 34.7 Å². The van der Waals surface area contributed by atoms with Gasteiger partial charge in [0, 0.05) is 18.3 Å². The van der Waals surface area contributed by atoms with Gasteiger partial charge in [-0.15, -0.1) is 22.7 Å². The fourth-order valence-corrected chi connectivity index (χ4v) is 3.54. The van der Waals surface area contributed by atoms with E-state index in [4.69, 9.17) is 10.9 Å². The van der Waals surface area contributed by atoms with Crippen LogP contribution in [0.2, 0.25) is 0 Å². The Morgan fingerprint density at radius 2 is 1.49 bits per heavy atom. The Morgan fingerprint density at radius 1 is 0.914 bits per heavy atom. The fourth-order valence-electron chi connectivity index (χ4n) is 2.30. The molecule has 0 saturated heterocycles. The molecule has 0 bridgehead atoms. The highest BCUT2D eigenvalue weighted by molar-refractivity contribution is 7.12. The molecule has 2 amide bonds. The van der Waals surface area contributed by atoms with E-state index in [-0.39, 0.29) is 29.1 Å². The number of hydrogen-bond acceptors (Lipinski definition) is 10. The Kier molecular flexibility index (Phi) is 9.96. The van der Waals surface area contributed by atoms with Crippen molar-refractivity contribution < 1.29 is 24.2 Å². The summed E-state index contributed by atoms with van der Waals surface area (Å²) in [5.41, 5.74) is 4.03. The second kappa shape index (κ2) is 12.9. The zero-order valence-corrected chi connectivity index (χ0v) is 20.2. The number of aromatic nitrogens is 1. The molecule has 13 heteroatoms. The Balaban J connectivity index is 0.000000203. The largest absolute Gasteiger partial charge is 0.503 e. The smallest absolute Gasteiger partial charge is 0.280 e. The van der Waals surface area contributed by atoms with Crippen LogP contribution in [0.15, 0.2) is 73.6 Å². The molecule has 4 aromatic heterocycles. The van der Waals surface area contributed by atoms with Crippen LogP contribution in [-0.4, -0.2) is 26.7 Å². The van der Waals surface area contributed by atoms with E-state index >= 15 is 0 Å². The predicted octanol–water partition coefficient (Wildman–Crippen LogP) is 2.31. The number of nitrogens with one attached hydrogen (secondary N) is 2. The van der Waals surface area contributed by atoms with E-state index in [1.54, 1.807) is 36.6 Å². The molecule has 4 heterocycles. The van der Waals surface area contributed by atoms with Gasteiger partial charge in [0.2, 0.25) is 16.6 Å². The summed E-state index contributed by atoms with van der Waals surface area (Å²) in [4.78, 5) is 45.2. The Bertz CT molecular complexity index is 1380. The monoisotopic (exact) mass is 518 g/mol. The standard InChI is InChI=1S/C11H10N2O3S.C6H6O3.C5H6N2OS/c1-7-10(15)8(14)4-5-13(7)12-11(16)9-3-2-6-17-9;1-4-6(8)5(7)2-3-9-4;6-7-5(8)4-2-1-3-9-4/h2-6,15H,1H3,(H,12,16);2-3,8H,1H3;1-3H,6H2,(H,7,8). The van der Waals surface area contributed by atoms with E-state index in [2.05, 4.69) is 9.84 Å². The molecule has 4 aromatic rings. The molecule has 0 aliphatic heterocycles. The number of hydrogen-bond donors (Lipinski definition) is 5. The number of aryl methyl sites for hydroxylation is 1. The van der Waals surface area contributed by atoms with Crippen molar-refractivity contribution >= 4 is 34.5 Å². The van der Waals surface area contributed by atoms with E-state index in [0.29, 0.717) is 15.4 Å². The second-order valence-corrected chi connectivity index (χ2v) is 8.44. The molecular formula is C22H22N4O7S2. The lowest BCUT2D eigenvalue weighted by Crippen LogP contribution is -2.29. The van der Waals surface area contributed by atoms with Crippen LogP contribution in [0.25, 0.3) is 0 Å². The average Bonchev–Trinajstić information content (AvgIpc) is 3.58. The summed E-state index contributed by atoms with van der Waals surface area (Å²) in [5, 5.41) is 21.9. The first-order chi connectivity index (χ1) is 16.6. The van der Waals surface area contributed by atoms with Crippen LogP contribution < -0.4 is 27.6 Å². The van der Waals surface area contributed by atoms with Crippen molar-refractivity contribution in [3.8, 4) is 11.5 Å². The number of amides is 2. The maximum absolute atomic E-state index is 11.7. The highest BCUT2D eigenvalue weighted by Crippen LogP contribution is 2.11. The number of aromatic hydroxyl groups is 2. The first-order valence-corrected chi connectivity index (χ1v) is 11.5. The molecule has 6 N–H and O–H groups in total. The van der Waals surface area contributed by atoms with Crippen molar-refractivity contribution in [2.45, 2.75) is 13.8 Å². The molecule has 0 aliphatic rings. The Hall–Kier alpha value is -4.20. The number of thiophene rings is 2. The number of nitrogens with two attached hydrogens (primary N) is 1. The molecule has 0 spiro atoms. The minimum Gasteiger partial charge on any atom is -0.503 e. The van der Waals surface area contributed by atoms with E-state index in [0.717, 1.165) is 0 Å². The number of rotatable bonds is 3. The summed E-state index contributed by atoms with van der Waals surface area (Å²) in [7, 11) is 0. The highest BCUT2D eigenvalue weighted by atomic mass is 32.1. The number of hydrazine groups is 1. The molecule has 4 rings (SSSR count). The first kappa shape index (κ1) is 27.0. The van der Waals surface area contributed by atoms with Gasteiger partial charge in [-0.1, -0.05) is 12.1 Å². The van der Waals surface area contributed by atoms with Crippen LogP contribution in [0.5, 0.6) is 11.5 Å². The molecule has 0 atom stereocenters. The first-order valence-electron chi connectivity index (χ1n) is 9.73. The van der Waals surface area contributed by atoms with Crippen molar-refractivity contribution in [3.05, 3.63) is 101 Å². The summed E-state index contributed by atoms with van der Waals surface area (Å²) in [6.07, 6.45) is 2.65. The molecule has 11 nitrogen and oxygen atoms in total. The molecule has 35 heavy (non-hydrogen) atoms. The minimum absolute atomic E-state index is 0.231. The van der Waals surface area contributed by atoms with Crippen molar-refractivity contribution in [2.24, 2.45) is 5.84 Å². The molecule has 0 unspecified atom stereocenters. The van der Waals surface area contributed by atoms with Crippen LogP contribution in [0.3, 0.4) is 0 Å². The predicted molar refractivity (Wildman–Crippen MR) is 132 cm³/mol. The number of carbonyl (C=O) groups is 2. The molecule has 0 aliphatic carbocycles. The van der Waals surface area contributed by atoms with E-state index in [1.807, 2.05) is 10.8 Å². The van der Waals surface area contributed by atoms with Crippen molar-refractivity contribution in [1.29, 1.82) is 0 Å². The number of nitrogen functional groups attached to an aromatic ring is 1. The third-order valence-electron chi connectivity index (χ3n) is 4.19. The van der Waals surface area contributed by atoms with Crippen molar-refractivity contribution in [1.82, 2.24) is 10.1 Å². The van der Waals surface area contributed by atoms with Gasteiger partial charge in [0.1, 0.15) is 5.76 Å².